The van der Waals surface area contributed by atoms with Gasteiger partial charge in [0.2, 0.25) is 24.1 Å². The Bertz CT molecular complexity index is 976. The number of hydrogen-bond acceptors (Lipinski definition) is 7. The Morgan fingerprint density at radius 3 is 2.14 bits per heavy atom. The van der Waals surface area contributed by atoms with E-state index in [1.54, 1.807) is 30.7 Å². The molecule has 5 amide bonds. The number of rotatable bonds is 19. The van der Waals surface area contributed by atoms with Gasteiger partial charge in [-0.1, -0.05) is 58.0 Å². The summed E-state index contributed by atoms with van der Waals surface area (Å²) in [6.45, 7) is 11.3. The third-order valence-corrected chi connectivity index (χ3v) is 5.33. The van der Waals surface area contributed by atoms with Crippen molar-refractivity contribution in [2.75, 3.05) is 39.4 Å². The van der Waals surface area contributed by atoms with E-state index >= 15 is 0 Å². The van der Waals surface area contributed by atoms with Crippen LogP contribution in [0.5, 0.6) is 0 Å². The van der Waals surface area contributed by atoms with E-state index in [0.29, 0.717) is 39.1 Å². The molecule has 0 aromatic heterocycles. The molecule has 0 radical (unpaired) electrons. The topological polar surface area (TPSA) is 192 Å². The minimum atomic E-state index is -1.18. The zero-order valence-corrected chi connectivity index (χ0v) is 27.2. The van der Waals surface area contributed by atoms with Crippen LogP contribution < -0.4 is 26.6 Å². The number of carboxylic acid groups (broad SMARTS) is 1. The maximum atomic E-state index is 12.0. The van der Waals surface area contributed by atoms with E-state index in [4.69, 9.17) is 9.84 Å². The van der Waals surface area contributed by atoms with E-state index in [9.17, 15) is 28.8 Å². The Balaban J connectivity index is 0. The molecule has 0 fully saturated rings. The summed E-state index contributed by atoms with van der Waals surface area (Å²) >= 11 is 0. The van der Waals surface area contributed by atoms with Crippen LogP contribution in [0.3, 0.4) is 0 Å². The first kappa shape index (κ1) is 39.1. The second-order valence-electron chi connectivity index (χ2n) is 10.8. The first-order valence-corrected chi connectivity index (χ1v) is 13.2. The average molecular weight is 836 g/mol. The van der Waals surface area contributed by atoms with Crippen LogP contribution in [0.2, 0.25) is 0 Å². The van der Waals surface area contributed by atoms with E-state index < -0.39 is 30.4 Å². The zero-order valence-electron chi connectivity index (χ0n) is 24.8. The van der Waals surface area contributed by atoms with Gasteiger partial charge in [0.1, 0.15) is 12.6 Å². The molecule has 1 aromatic carbocycles. The van der Waals surface area contributed by atoms with Crippen molar-refractivity contribution in [1.29, 1.82) is 0 Å². The Labute approximate surface area is 241 Å². The van der Waals surface area contributed by atoms with Crippen LogP contribution in [0.1, 0.15) is 46.6 Å². The van der Waals surface area contributed by atoms with Gasteiger partial charge >= 0.3 is 5.97 Å². The monoisotopic (exact) mass is 835 g/mol. The quantitative estimate of drug-likeness (QED) is 0.0633. The molecule has 0 aliphatic carbocycles. The molecule has 0 saturated carbocycles. The normalized spacial score (nSPS) is 11.3. The van der Waals surface area contributed by atoms with Gasteiger partial charge in [0.25, 0.3) is 0 Å². The van der Waals surface area contributed by atoms with Crippen molar-refractivity contribution in [1.82, 2.24) is 26.6 Å². The second-order valence-corrected chi connectivity index (χ2v) is 10.8. The van der Waals surface area contributed by atoms with Crippen LogP contribution in [-0.2, 0) is 39.9 Å². The molecule has 242 valence electrons. The molecule has 1 atom stereocenters. The number of carboxylic acids is 1. The molecule has 0 heterocycles. The molecule has 6 N–H and O–H groups in total. The largest absolute Gasteiger partial charge is 0.529 e. The fraction of sp³-hybridized carbons (Fsp3) is 0.571. The van der Waals surface area contributed by atoms with Crippen molar-refractivity contribution < 1.29 is 38.6 Å². The number of hydrogen-bond donors (Lipinski definition) is 6. The molecule has 0 spiro atoms. The summed E-state index contributed by atoms with van der Waals surface area (Å²) in [4.78, 5) is 65.9. The predicted molar refractivity (Wildman–Crippen MR) is 152 cm³/mol. The van der Waals surface area contributed by atoms with E-state index in [1.165, 1.54) is 0 Å². The van der Waals surface area contributed by atoms with Crippen molar-refractivity contribution in [2.24, 2.45) is 10.8 Å². The van der Waals surface area contributed by atoms with Crippen molar-refractivity contribution in [3.05, 3.63) is 35.9 Å². The van der Waals surface area contributed by atoms with Crippen LogP contribution in [0.25, 0.3) is 0 Å². The van der Waals surface area contributed by atoms with Gasteiger partial charge in [-0.3, -0.25) is 24.0 Å². The fourth-order valence-electron chi connectivity index (χ4n) is 3.40. The summed E-state index contributed by atoms with van der Waals surface area (Å²) in [6.07, 6.45) is 2.69. The van der Waals surface area contributed by atoms with Gasteiger partial charge in [-0.05, 0) is 24.4 Å². The molecule has 42 heavy (non-hydrogen) atoms. The number of aliphatic carboxylic acids is 1. The number of carbonyl (C=O) groups is 5. The minimum absolute atomic E-state index is 0. The Morgan fingerprint density at radius 2 is 1.60 bits per heavy atom. The van der Waals surface area contributed by atoms with Crippen LogP contribution >= 0.6 is 0 Å². The Hall–Kier alpha value is -5.00. The second kappa shape index (κ2) is 20.8. The van der Waals surface area contributed by atoms with Gasteiger partial charge in [-0.15, -0.1) is 0 Å². The maximum absolute atomic E-state index is 12.0. The van der Waals surface area contributed by atoms with Gasteiger partial charge in [-0.2, -0.15) is 6.41 Å². The first-order valence-electron chi connectivity index (χ1n) is 13.2. The van der Waals surface area contributed by atoms with Crippen LogP contribution in [0, 0.1) is 10.8 Å². The average Bonchev–Trinajstić information content (AvgIpc) is 2.89. The maximum Gasteiger partial charge on any atom is 0.322 e. The summed E-state index contributed by atoms with van der Waals surface area (Å²) in [5, 5.41) is 20.8. The third-order valence-electron chi connectivity index (χ3n) is 5.33. The predicted octanol–water partition coefficient (Wildman–Crippen LogP) is -0.101. The number of benzene rings is 1. The molecular formula is C28H44FmN5O8-. The van der Waals surface area contributed by atoms with E-state index in [1.807, 2.05) is 40.7 Å². The molecule has 14 heteroatoms. The molecule has 1 aromatic rings. The third kappa shape index (κ3) is 20.0. The summed E-state index contributed by atoms with van der Waals surface area (Å²) in [5.74, 6) is -2.28. The zero-order chi connectivity index (χ0) is 31.3. The van der Waals surface area contributed by atoms with Crippen molar-refractivity contribution >= 4 is 36.5 Å². The summed E-state index contributed by atoms with van der Waals surface area (Å²) < 4.78 is 5.69. The number of ether oxygens (including phenoxy) is 1. The van der Waals surface area contributed by atoms with Gasteiger partial charge in [0.05, 0.1) is 19.8 Å². The Kier molecular flexibility index (Phi) is 19.4. The fourth-order valence-corrected chi connectivity index (χ4v) is 3.40. The molecule has 0 aliphatic rings. The van der Waals surface area contributed by atoms with Crippen molar-refractivity contribution in [3.8, 4) is 0 Å². The minimum Gasteiger partial charge on any atom is -0.529 e. The van der Waals surface area contributed by atoms with Crippen LogP contribution in [0.4, 0.5) is 0 Å². The van der Waals surface area contributed by atoms with Gasteiger partial charge in [0.15, 0.2) is 0 Å². The van der Waals surface area contributed by atoms with E-state index in [2.05, 4.69) is 26.6 Å². The number of amides is 5. The van der Waals surface area contributed by atoms with Crippen molar-refractivity contribution in [2.45, 2.75) is 53.5 Å². The van der Waals surface area contributed by atoms with E-state index in [-0.39, 0.29) is 29.7 Å². The van der Waals surface area contributed by atoms with Gasteiger partial charge in [0, 0.05) is 24.8 Å². The summed E-state index contributed by atoms with van der Waals surface area (Å²) in [6, 6.07) is 8.04. The molecule has 0 aliphatic heterocycles. The number of carbonyl (C=O) groups excluding carboxylic acids is 5. The summed E-state index contributed by atoms with van der Waals surface area (Å²) in [7, 11) is 0. The van der Waals surface area contributed by atoms with Crippen LogP contribution in [0.15, 0.2) is 30.3 Å². The van der Waals surface area contributed by atoms with Gasteiger partial charge < -0.3 is 41.2 Å². The number of nitrogens with one attached hydrogen (secondary N) is 5. The summed E-state index contributed by atoms with van der Waals surface area (Å²) in [5.41, 5.74) is 0.472. The Morgan fingerprint density at radius 1 is 0.976 bits per heavy atom. The standard InChI is InChI=1S/C14H17N3O5.C14H27N2O3.Fm/c18-9-15-7-12(19)17-11(14(22)16-8-13(20)21)6-10-4-2-1-3-5-10;1-6-16-12(18)7-13(2,3)9-19-10-14(4,5)8-15-11-17;/h1-5,9,11H,6-8H2,(H,15,18)(H,16,22)(H,17,19)(H,20,21);6-10H2,1-5H3,(H,15,17)(H,16,18);/q;-1;/t11-;;/m0../s1. The molecule has 1 rings (SSSR count). The van der Waals surface area contributed by atoms with Crippen LogP contribution in [-0.4, -0.2) is 87.1 Å². The van der Waals surface area contributed by atoms with Gasteiger partial charge in [-0.25, -0.2) is 0 Å². The molecule has 0 bridgehead atoms. The molecular weight excluding hydrogens is 791 g/mol. The van der Waals surface area contributed by atoms with E-state index in [0.717, 1.165) is 5.56 Å². The molecule has 0 unspecified atom stereocenters. The SMILES string of the molecule is CCNC(=O)CC(C)(C)COCC(C)(C)CN[C-]=O.O=CNCC(=O)N[C@@H](Cc1ccccc1)C(=O)NCC(=O)O.[Fm]. The molecule has 0 saturated heterocycles. The van der Waals surface area contributed by atoms with Crippen molar-refractivity contribution in [3.63, 3.8) is 0 Å². The molecule has 13 nitrogen and oxygen atoms in total. The first-order chi connectivity index (χ1) is 19.2. The smallest absolute Gasteiger partial charge is 0.322 e.